The Balaban J connectivity index is 1.84. The zero-order chi connectivity index (χ0) is 15.5. The molecule has 0 unspecified atom stereocenters. The van der Waals surface area contributed by atoms with Gasteiger partial charge in [-0.25, -0.2) is 4.79 Å². The fourth-order valence-electron chi connectivity index (χ4n) is 2.29. The van der Waals surface area contributed by atoms with Crippen molar-refractivity contribution in [2.75, 3.05) is 13.1 Å². The Labute approximate surface area is 125 Å². The Morgan fingerprint density at radius 3 is 2.57 bits per heavy atom. The van der Waals surface area contributed by atoms with E-state index in [4.69, 9.17) is 9.47 Å². The van der Waals surface area contributed by atoms with Crippen LogP contribution in [0.25, 0.3) is 0 Å². The molecule has 1 N–H and O–H groups in total. The fourth-order valence-corrected chi connectivity index (χ4v) is 2.29. The molecule has 1 aromatic carbocycles. The normalized spacial score (nSPS) is 22.4. The van der Waals surface area contributed by atoms with Crippen LogP contribution in [-0.4, -0.2) is 47.0 Å². The maximum atomic E-state index is 12.0. The van der Waals surface area contributed by atoms with Crippen molar-refractivity contribution in [1.82, 2.24) is 4.90 Å². The Kier molecular flexibility index (Phi) is 4.85. The molecular weight excluding hydrogens is 270 g/mol. The standard InChI is InChI=1S/C16H23NO4/c1-16(2,3)21-14-10-17(9-13(14)18)15(19)20-11-12-7-5-4-6-8-12/h4-8,13-14,18H,9-11H2,1-3H3/t13-,14-/m1/s1. The largest absolute Gasteiger partial charge is 0.445 e. The molecule has 0 spiro atoms. The third kappa shape index (κ3) is 4.72. The van der Waals surface area contributed by atoms with Crippen LogP contribution in [0, 0.1) is 0 Å². The highest BCUT2D eigenvalue weighted by Crippen LogP contribution is 2.20. The molecule has 21 heavy (non-hydrogen) atoms. The summed E-state index contributed by atoms with van der Waals surface area (Å²) in [7, 11) is 0. The first-order valence-corrected chi connectivity index (χ1v) is 7.17. The highest BCUT2D eigenvalue weighted by atomic mass is 16.6. The van der Waals surface area contributed by atoms with E-state index in [1.165, 1.54) is 4.90 Å². The number of aliphatic hydroxyl groups is 1. The van der Waals surface area contributed by atoms with Crippen LogP contribution < -0.4 is 0 Å². The molecule has 2 rings (SSSR count). The lowest BCUT2D eigenvalue weighted by atomic mass is 10.1. The van der Waals surface area contributed by atoms with Gasteiger partial charge >= 0.3 is 6.09 Å². The summed E-state index contributed by atoms with van der Waals surface area (Å²) in [4.78, 5) is 13.5. The molecule has 1 amide bonds. The van der Waals surface area contributed by atoms with Crippen molar-refractivity contribution in [2.24, 2.45) is 0 Å². The molecule has 0 saturated carbocycles. The van der Waals surface area contributed by atoms with Gasteiger partial charge in [-0.05, 0) is 26.3 Å². The molecule has 1 aliphatic heterocycles. The summed E-state index contributed by atoms with van der Waals surface area (Å²) < 4.78 is 11.0. The maximum Gasteiger partial charge on any atom is 0.410 e. The van der Waals surface area contributed by atoms with Crippen molar-refractivity contribution in [3.8, 4) is 0 Å². The summed E-state index contributed by atoms with van der Waals surface area (Å²) in [5.74, 6) is 0. The Bertz CT molecular complexity index is 469. The zero-order valence-corrected chi connectivity index (χ0v) is 12.8. The van der Waals surface area contributed by atoms with E-state index in [2.05, 4.69) is 0 Å². The van der Waals surface area contributed by atoms with Crippen LogP contribution >= 0.6 is 0 Å². The molecule has 116 valence electrons. The number of hydrogen-bond acceptors (Lipinski definition) is 4. The number of nitrogens with zero attached hydrogens (tertiary/aromatic N) is 1. The van der Waals surface area contributed by atoms with Gasteiger partial charge in [-0.2, -0.15) is 0 Å². The van der Waals surface area contributed by atoms with Crippen LogP contribution in [0.1, 0.15) is 26.3 Å². The lowest BCUT2D eigenvalue weighted by Crippen LogP contribution is -2.35. The van der Waals surface area contributed by atoms with Crippen molar-refractivity contribution in [3.05, 3.63) is 35.9 Å². The number of ether oxygens (including phenoxy) is 2. The molecule has 0 bridgehead atoms. The van der Waals surface area contributed by atoms with E-state index in [1.807, 2.05) is 51.1 Å². The molecule has 0 radical (unpaired) electrons. The van der Waals surface area contributed by atoms with E-state index < -0.39 is 12.2 Å². The van der Waals surface area contributed by atoms with Gasteiger partial charge in [0.2, 0.25) is 0 Å². The molecule has 0 aliphatic carbocycles. The van der Waals surface area contributed by atoms with E-state index in [0.717, 1.165) is 5.56 Å². The zero-order valence-electron chi connectivity index (χ0n) is 12.8. The molecule has 5 heteroatoms. The summed E-state index contributed by atoms with van der Waals surface area (Å²) in [5.41, 5.74) is 0.586. The van der Waals surface area contributed by atoms with Gasteiger partial charge in [0.25, 0.3) is 0 Å². The number of aliphatic hydroxyl groups excluding tert-OH is 1. The van der Waals surface area contributed by atoms with Gasteiger partial charge in [-0.1, -0.05) is 30.3 Å². The maximum absolute atomic E-state index is 12.0. The Morgan fingerprint density at radius 1 is 1.29 bits per heavy atom. The summed E-state index contributed by atoms with van der Waals surface area (Å²) in [5, 5.41) is 9.98. The molecule has 1 fully saturated rings. The lowest BCUT2D eigenvalue weighted by Gasteiger charge is -2.26. The summed E-state index contributed by atoms with van der Waals surface area (Å²) in [6, 6.07) is 9.51. The number of β-amino-alcohol motifs (C(OH)–C–C–N with tert-alkyl or cyclic N) is 1. The molecule has 1 aliphatic rings. The van der Waals surface area contributed by atoms with Crippen LogP contribution in [0.15, 0.2) is 30.3 Å². The highest BCUT2D eigenvalue weighted by Gasteiger charge is 2.37. The average molecular weight is 293 g/mol. The molecule has 1 aromatic rings. The van der Waals surface area contributed by atoms with E-state index in [1.54, 1.807) is 0 Å². The third-order valence-electron chi connectivity index (χ3n) is 3.21. The summed E-state index contributed by atoms with van der Waals surface area (Å²) in [6.07, 6.45) is -1.46. The second-order valence-corrected chi connectivity index (χ2v) is 6.28. The number of rotatable bonds is 3. The SMILES string of the molecule is CC(C)(C)O[C@@H]1CN(C(=O)OCc2ccccc2)C[C@H]1O. The first-order valence-electron chi connectivity index (χ1n) is 7.17. The molecule has 2 atom stereocenters. The number of likely N-dealkylation sites (tertiary alicyclic amines) is 1. The number of hydrogen-bond donors (Lipinski definition) is 1. The quantitative estimate of drug-likeness (QED) is 0.928. The second kappa shape index (κ2) is 6.45. The van der Waals surface area contributed by atoms with Crippen LogP contribution in [0.3, 0.4) is 0 Å². The van der Waals surface area contributed by atoms with Crippen molar-refractivity contribution >= 4 is 6.09 Å². The smallest absolute Gasteiger partial charge is 0.410 e. The monoisotopic (exact) mass is 293 g/mol. The second-order valence-electron chi connectivity index (χ2n) is 6.28. The minimum Gasteiger partial charge on any atom is -0.445 e. The average Bonchev–Trinajstić information content (AvgIpc) is 2.77. The van der Waals surface area contributed by atoms with Crippen LogP contribution in [0.4, 0.5) is 4.79 Å². The van der Waals surface area contributed by atoms with Crippen LogP contribution in [0.2, 0.25) is 0 Å². The van der Waals surface area contributed by atoms with Crippen molar-refractivity contribution in [1.29, 1.82) is 0 Å². The predicted molar refractivity (Wildman–Crippen MR) is 78.8 cm³/mol. The van der Waals surface area contributed by atoms with Crippen LogP contribution in [0.5, 0.6) is 0 Å². The van der Waals surface area contributed by atoms with Gasteiger partial charge < -0.3 is 19.5 Å². The number of benzene rings is 1. The van der Waals surface area contributed by atoms with Crippen molar-refractivity contribution in [2.45, 2.75) is 45.2 Å². The molecule has 5 nitrogen and oxygen atoms in total. The number of carbonyl (C=O) groups is 1. The number of amides is 1. The van der Waals surface area contributed by atoms with Gasteiger partial charge in [-0.3, -0.25) is 0 Å². The first-order chi connectivity index (χ1) is 9.85. The molecule has 1 saturated heterocycles. The topological polar surface area (TPSA) is 59.0 Å². The van der Waals surface area contributed by atoms with Gasteiger partial charge in [0.15, 0.2) is 0 Å². The van der Waals surface area contributed by atoms with E-state index >= 15 is 0 Å². The summed E-state index contributed by atoms with van der Waals surface area (Å²) in [6.45, 7) is 6.61. The molecular formula is C16H23NO4. The van der Waals surface area contributed by atoms with Gasteiger partial charge in [0, 0.05) is 0 Å². The van der Waals surface area contributed by atoms with E-state index in [0.29, 0.717) is 6.54 Å². The van der Waals surface area contributed by atoms with Gasteiger partial charge in [0.05, 0.1) is 24.8 Å². The van der Waals surface area contributed by atoms with E-state index in [9.17, 15) is 9.90 Å². The lowest BCUT2D eigenvalue weighted by molar-refractivity contribution is -0.0907. The Morgan fingerprint density at radius 2 is 1.95 bits per heavy atom. The van der Waals surface area contributed by atoms with Crippen molar-refractivity contribution in [3.63, 3.8) is 0 Å². The van der Waals surface area contributed by atoms with Gasteiger partial charge in [-0.15, -0.1) is 0 Å². The fraction of sp³-hybridized carbons (Fsp3) is 0.562. The first kappa shape index (κ1) is 15.8. The minimum atomic E-state index is -0.673. The molecule has 0 aromatic heterocycles. The van der Waals surface area contributed by atoms with Crippen LogP contribution in [-0.2, 0) is 16.1 Å². The van der Waals surface area contributed by atoms with E-state index in [-0.39, 0.29) is 24.9 Å². The van der Waals surface area contributed by atoms with Crippen molar-refractivity contribution < 1.29 is 19.4 Å². The summed E-state index contributed by atoms with van der Waals surface area (Å²) >= 11 is 0. The minimum absolute atomic E-state index is 0.233. The number of carbonyl (C=O) groups excluding carboxylic acids is 1. The highest BCUT2D eigenvalue weighted by molar-refractivity contribution is 5.68. The Hall–Kier alpha value is -1.59. The molecule has 1 heterocycles. The predicted octanol–water partition coefficient (Wildman–Crippen LogP) is 2.18. The third-order valence-corrected chi connectivity index (χ3v) is 3.21. The van der Waals surface area contributed by atoms with Gasteiger partial charge in [0.1, 0.15) is 12.7 Å².